The zero-order chi connectivity index (χ0) is 22.7. The lowest BCUT2D eigenvalue weighted by molar-refractivity contribution is 0.0945. The van der Waals surface area contributed by atoms with Gasteiger partial charge < -0.3 is 10.3 Å². The maximum absolute atomic E-state index is 13.5. The van der Waals surface area contributed by atoms with Crippen molar-refractivity contribution in [2.24, 2.45) is 5.14 Å². The SMILES string of the molecule is NS(=O)(=O)c1ccc(CCN[C@@H](C(=O)c2c[nH]c3cccc(Cl)c23)c2ccccc2)cc1. The zero-order valence-electron chi connectivity index (χ0n) is 17.1. The molecule has 1 aromatic heterocycles. The molecular formula is C24H22ClN3O3S. The van der Waals surface area contributed by atoms with Crippen LogP contribution in [-0.2, 0) is 16.4 Å². The van der Waals surface area contributed by atoms with Crippen molar-refractivity contribution in [1.29, 1.82) is 0 Å². The first-order chi connectivity index (χ1) is 15.3. The highest BCUT2D eigenvalue weighted by Gasteiger charge is 2.24. The zero-order valence-corrected chi connectivity index (χ0v) is 18.7. The van der Waals surface area contributed by atoms with E-state index in [9.17, 15) is 13.2 Å². The Kier molecular flexibility index (Phi) is 6.43. The first kappa shape index (κ1) is 22.2. The number of halogens is 1. The minimum Gasteiger partial charge on any atom is -0.360 e. The lowest BCUT2D eigenvalue weighted by atomic mass is 9.96. The Bertz CT molecular complexity index is 1350. The molecule has 6 nitrogen and oxygen atoms in total. The summed E-state index contributed by atoms with van der Waals surface area (Å²) < 4.78 is 22.8. The van der Waals surface area contributed by atoms with Gasteiger partial charge in [-0.2, -0.15) is 0 Å². The predicted octanol–water partition coefficient (Wildman–Crippen LogP) is 4.23. The van der Waals surface area contributed by atoms with Crippen LogP contribution in [0.25, 0.3) is 10.9 Å². The first-order valence-electron chi connectivity index (χ1n) is 10.0. The van der Waals surface area contributed by atoms with Gasteiger partial charge in [-0.25, -0.2) is 13.6 Å². The van der Waals surface area contributed by atoms with Gasteiger partial charge in [-0.1, -0.05) is 60.1 Å². The molecule has 0 unspecified atom stereocenters. The van der Waals surface area contributed by atoms with E-state index < -0.39 is 16.1 Å². The van der Waals surface area contributed by atoms with Gasteiger partial charge in [0.05, 0.1) is 16.0 Å². The smallest absolute Gasteiger partial charge is 0.238 e. The van der Waals surface area contributed by atoms with Crippen LogP contribution in [-0.4, -0.2) is 25.7 Å². The summed E-state index contributed by atoms with van der Waals surface area (Å²) >= 11 is 6.38. The number of ketones is 1. The Morgan fingerprint density at radius 2 is 1.72 bits per heavy atom. The number of benzene rings is 3. The summed E-state index contributed by atoms with van der Waals surface area (Å²) in [5, 5.41) is 9.73. The van der Waals surface area contributed by atoms with Gasteiger partial charge in [-0.05, 0) is 41.8 Å². The monoisotopic (exact) mass is 467 g/mol. The standard InChI is InChI=1S/C24H22ClN3O3S/c25-20-7-4-8-21-22(20)19(15-28-21)24(29)23(17-5-2-1-3-6-17)27-14-13-16-9-11-18(12-10-16)32(26,30)31/h1-12,15,23,27-28H,13-14H2,(H2,26,30,31)/t23-/m1/s1. The third-order valence-electron chi connectivity index (χ3n) is 5.33. The van der Waals surface area contributed by atoms with Gasteiger partial charge in [0, 0.05) is 29.2 Å². The van der Waals surface area contributed by atoms with Crippen LogP contribution in [0.4, 0.5) is 0 Å². The van der Waals surface area contributed by atoms with E-state index in [1.165, 1.54) is 12.1 Å². The average Bonchev–Trinajstić information content (AvgIpc) is 3.22. The number of fused-ring (bicyclic) bond motifs is 1. The second-order valence-corrected chi connectivity index (χ2v) is 9.43. The quantitative estimate of drug-likeness (QED) is 0.337. The number of Topliss-reactive ketones (excluding diaryl/α,β-unsaturated/α-hetero) is 1. The Morgan fingerprint density at radius 3 is 2.41 bits per heavy atom. The summed E-state index contributed by atoms with van der Waals surface area (Å²) in [4.78, 5) is 16.7. The van der Waals surface area contributed by atoms with Crippen LogP contribution in [0.3, 0.4) is 0 Å². The van der Waals surface area contributed by atoms with Crippen molar-refractivity contribution >= 4 is 38.3 Å². The summed E-state index contributed by atoms with van der Waals surface area (Å²) in [5.41, 5.74) is 3.12. The first-order valence-corrected chi connectivity index (χ1v) is 12.0. The molecule has 0 radical (unpaired) electrons. The molecule has 4 rings (SSSR count). The van der Waals surface area contributed by atoms with Crippen LogP contribution in [0.15, 0.2) is 83.9 Å². The summed E-state index contributed by atoms with van der Waals surface area (Å²) in [5.74, 6) is -0.0832. The van der Waals surface area contributed by atoms with E-state index in [2.05, 4.69) is 10.3 Å². The third kappa shape index (κ3) is 4.76. The fourth-order valence-electron chi connectivity index (χ4n) is 3.70. The summed E-state index contributed by atoms with van der Waals surface area (Å²) in [7, 11) is -3.72. The summed E-state index contributed by atoms with van der Waals surface area (Å²) in [6, 6.07) is 20.9. The molecule has 8 heteroatoms. The van der Waals surface area contributed by atoms with Gasteiger partial charge in [0.25, 0.3) is 0 Å². The fourth-order valence-corrected chi connectivity index (χ4v) is 4.50. The number of hydrogen-bond donors (Lipinski definition) is 3. The molecule has 0 aliphatic carbocycles. The third-order valence-corrected chi connectivity index (χ3v) is 6.57. The lowest BCUT2D eigenvalue weighted by Gasteiger charge is -2.18. The Hall–Kier alpha value is -2.97. The van der Waals surface area contributed by atoms with E-state index in [0.29, 0.717) is 28.9 Å². The topological polar surface area (TPSA) is 105 Å². The molecule has 0 aliphatic heterocycles. The van der Waals surface area contributed by atoms with E-state index >= 15 is 0 Å². The second kappa shape index (κ2) is 9.26. The fraction of sp³-hybridized carbons (Fsp3) is 0.125. The number of carbonyl (C=O) groups is 1. The van der Waals surface area contributed by atoms with Gasteiger partial charge in [0.2, 0.25) is 10.0 Å². The highest BCUT2D eigenvalue weighted by molar-refractivity contribution is 7.89. The number of sulfonamides is 1. The molecule has 164 valence electrons. The van der Waals surface area contributed by atoms with Gasteiger partial charge in [-0.3, -0.25) is 4.79 Å². The highest BCUT2D eigenvalue weighted by atomic mass is 35.5. The molecule has 0 bridgehead atoms. The van der Waals surface area contributed by atoms with Crippen LogP contribution < -0.4 is 10.5 Å². The van der Waals surface area contributed by atoms with Crippen molar-refractivity contribution < 1.29 is 13.2 Å². The van der Waals surface area contributed by atoms with Crippen molar-refractivity contribution in [2.45, 2.75) is 17.4 Å². The number of nitrogens with two attached hydrogens (primary N) is 1. The van der Waals surface area contributed by atoms with Crippen LogP contribution in [0.1, 0.15) is 27.5 Å². The van der Waals surface area contributed by atoms with E-state index in [1.54, 1.807) is 24.4 Å². The van der Waals surface area contributed by atoms with Gasteiger partial charge in [0.1, 0.15) is 0 Å². The summed E-state index contributed by atoms with van der Waals surface area (Å²) in [6.45, 7) is 0.510. The number of aromatic nitrogens is 1. The highest BCUT2D eigenvalue weighted by Crippen LogP contribution is 2.30. The second-order valence-electron chi connectivity index (χ2n) is 7.47. The van der Waals surface area contributed by atoms with Crippen LogP contribution in [0.5, 0.6) is 0 Å². The maximum atomic E-state index is 13.5. The number of aromatic amines is 1. The van der Waals surface area contributed by atoms with Crippen molar-refractivity contribution in [1.82, 2.24) is 10.3 Å². The molecule has 4 aromatic rings. The van der Waals surface area contributed by atoms with Crippen LogP contribution >= 0.6 is 11.6 Å². The molecule has 0 fully saturated rings. The van der Waals surface area contributed by atoms with E-state index in [4.69, 9.17) is 16.7 Å². The Labute approximate surface area is 191 Å². The number of nitrogens with one attached hydrogen (secondary N) is 2. The van der Waals surface area contributed by atoms with E-state index in [1.807, 2.05) is 42.5 Å². The molecule has 1 atom stereocenters. The van der Waals surface area contributed by atoms with E-state index in [-0.39, 0.29) is 10.7 Å². The molecule has 0 saturated carbocycles. The summed E-state index contributed by atoms with van der Waals surface area (Å²) in [6.07, 6.45) is 2.30. The van der Waals surface area contributed by atoms with E-state index in [0.717, 1.165) is 16.6 Å². The molecule has 1 heterocycles. The molecule has 0 saturated heterocycles. The largest absolute Gasteiger partial charge is 0.360 e. The molecule has 4 N–H and O–H groups in total. The number of primary sulfonamides is 1. The number of carbonyl (C=O) groups excluding carboxylic acids is 1. The van der Waals surface area contributed by atoms with Crippen molar-refractivity contribution in [3.05, 3.63) is 101 Å². The number of hydrogen-bond acceptors (Lipinski definition) is 4. The number of rotatable bonds is 8. The van der Waals surface area contributed by atoms with Crippen LogP contribution in [0, 0.1) is 0 Å². The van der Waals surface area contributed by atoms with Gasteiger partial charge in [0.15, 0.2) is 5.78 Å². The molecule has 32 heavy (non-hydrogen) atoms. The van der Waals surface area contributed by atoms with Gasteiger partial charge in [-0.15, -0.1) is 0 Å². The molecular weight excluding hydrogens is 446 g/mol. The van der Waals surface area contributed by atoms with Gasteiger partial charge >= 0.3 is 0 Å². The van der Waals surface area contributed by atoms with Crippen LogP contribution in [0.2, 0.25) is 5.02 Å². The molecule has 3 aromatic carbocycles. The predicted molar refractivity (Wildman–Crippen MR) is 126 cm³/mol. The normalized spacial score (nSPS) is 12.7. The number of H-pyrrole nitrogens is 1. The molecule has 0 aliphatic rings. The molecule has 0 amide bonds. The van der Waals surface area contributed by atoms with Crippen molar-refractivity contribution in [2.75, 3.05) is 6.54 Å². The minimum atomic E-state index is -3.72. The van der Waals surface area contributed by atoms with Crippen molar-refractivity contribution in [3.63, 3.8) is 0 Å². The minimum absolute atomic E-state index is 0.0720. The Morgan fingerprint density at radius 1 is 1.00 bits per heavy atom. The maximum Gasteiger partial charge on any atom is 0.238 e. The Balaban J connectivity index is 1.56. The molecule has 0 spiro atoms. The average molecular weight is 468 g/mol. The van der Waals surface area contributed by atoms with Crippen molar-refractivity contribution in [3.8, 4) is 0 Å². The lowest BCUT2D eigenvalue weighted by Crippen LogP contribution is -2.30.